The van der Waals surface area contributed by atoms with Crippen molar-refractivity contribution in [2.24, 2.45) is 11.1 Å². The summed E-state index contributed by atoms with van der Waals surface area (Å²) in [4.78, 5) is 0. The van der Waals surface area contributed by atoms with Crippen LogP contribution in [-0.2, 0) is 6.42 Å². The molecule has 2 aliphatic rings. The summed E-state index contributed by atoms with van der Waals surface area (Å²) in [6.07, 6.45) is 10.6. The van der Waals surface area contributed by atoms with E-state index in [1.807, 2.05) is 0 Å². The fourth-order valence-corrected chi connectivity index (χ4v) is 4.02. The van der Waals surface area contributed by atoms with E-state index in [-0.39, 0.29) is 0 Å². The summed E-state index contributed by atoms with van der Waals surface area (Å²) in [7, 11) is 0. The summed E-state index contributed by atoms with van der Waals surface area (Å²) in [6.45, 7) is 2.97. The molecule has 0 amide bonds. The molecule has 1 heterocycles. The zero-order valence-corrected chi connectivity index (χ0v) is 12.7. The van der Waals surface area contributed by atoms with Crippen molar-refractivity contribution in [3.8, 4) is 5.75 Å². The number of nitrogens with two attached hydrogens (primary N) is 1. The number of ether oxygens (including phenoxy) is 1. The first-order chi connectivity index (χ1) is 9.71. The van der Waals surface area contributed by atoms with Gasteiger partial charge in [0.1, 0.15) is 11.9 Å². The van der Waals surface area contributed by atoms with E-state index in [2.05, 4.69) is 25.1 Å². The lowest BCUT2D eigenvalue weighted by molar-refractivity contribution is 0.124. The Hall–Kier alpha value is -1.02. The van der Waals surface area contributed by atoms with Crippen molar-refractivity contribution in [1.29, 1.82) is 0 Å². The van der Waals surface area contributed by atoms with Gasteiger partial charge in [-0.1, -0.05) is 43.4 Å². The van der Waals surface area contributed by atoms with Crippen molar-refractivity contribution >= 4 is 0 Å². The highest BCUT2D eigenvalue weighted by Crippen LogP contribution is 2.41. The summed E-state index contributed by atoms with van der Waals surface area (Å²) >= 11 is 0. The molecule has 1 atom stereocenters. The standard InChI is InChI=1S/C18H27NO/c1-14-6-7-17-15(10-14)11-16(20-17)12-18(13-19)8-4-2-3-5-9-18/h6-7,10,16H,2-5,8-9,11-13,19H2,1H3. The molecule has 1 aliphatic carbocycles. The quantitative estimate of drug-likeness (QED) is 0.845. The molecule has 1 saturated carbocycles. The van der Waals surface area contributed by atoms with E-state index in [1.165, 1.54) is 49.7 Å². The van der Waals surface area contributed by atoms with Crippen LogP contribution in [0.3, 0.4) is 0 Å². The number of hydrogen-bond acceptors (Lipinski definition) is 2. The molecule has 0 saturated heterocycles. The Kier molecular flexibility index (Phi) is 4.02. The van der Waals surface area contributed by atoms with Crippen molar-refractivity contribution in [3.05, 3.63) is 29.3 Å². The second kappa shape index (κ2) is 5.77. The van der Waals surface area contributed by atoms with Crippen LogP contribution in [0.25, 0.3) is 0 Å². The molecule has 110 valence electrons. The van der Waals surface area contributed by atoms with Crippen LogP contribution in [0.5, 0.6) is 5.75 Å². The van der Waals surface area contributed by atoms with Gasteiger partial charge in [-0.2, -0.15) is 0 Å². The van der Waals surface area contributed by atoms with Crippen LogP contribution in [0.4, 0.5) is 0 Å². The zero-order valence-electron chi connectivity index (χ0n) is 12.7. The van der Waals surface area contributed by atoms with E-state index < -0.39 is 0 Å². The Bertz CT molecular complexity index is 460. The van der Waals surface area contributed by atoms with Gasteiger partial charge >= 0.3 is 0 Å². The van der Waals surface area contributed by atoms with E-state index in [9.17, 15) is 0 Å². The smallest absolute Gasteiger partial charge is 0.123 e. The molecule has 0 radical (unpaired) electrons. The van der Waals surface area contributed by atoms with E-state index in [1.54, 1.807) is 0 Å². The van der Waals surface area contributed by atoms with Gasteiger partial charge in [0.2, 0.25) is 0 Å². The first-order valence-corrected chi connectivity index (χ1v) is 8.17. The van der Waals surface area contributed by atoms with Gasteiger partial charge in [0.25, 0.3) is 0 Å². The minimum atomic E-state index is 0.332. The average Bonchev–Trinajstić information content (AvgIpc) is 2.67. The van der Waals surface area contributed by atoms with Crippen LogP contribution in [0.15, 0.2) is 18.2 Å². The first-order valence-electron chi connectivity index (χ1n) is 8.17. The fourth-order valence-electron chi connectivity index (χ4n) is 4.02. The normalized spacial score (nSPS) is 24.8. The predicted molar refractivity (Wildman–Crippen MR) is 83.1 cm³/mol. The van der Waals surface area contributed by atoms with Gasteiger partial charge in [0.15, 0.2) is 0 Å². The Labute approximate surface area is 122 Å². The third-order valence-electron chi connectivity index (χ3n) is 5.22. The third kappa shape index (κ3) is 2.85. The lowest BCUT2D eigenvalue weighted by Crippen LogP contribution is -2.35. The van der Waals surface area contributed by atoms with Gasteiger partial charge in [-0.15, -0.1) is 0 Å². The van der Waals surface area contributed by atoms with Crippen LogP contribution in [-0.4, -0.2) is 12.6 Å². The molecule has 0 spiro atoms. The second-order valence-electron chi connectivity index (χ2n) is 6.88. The Morgan fingerprint density at radius 1 is 1.20 bits per heavy atom. The third-order valence-corrected chi connectivity index (χ3v) is 5.22. The first kappa shape index (κ1) is 13.9. The molecule has 2 nitrogen and oxygen atoms in total. The van der Waals surface area contributed by atoms with Gasteiger partial charge in [0.05, 0.1) is 0 Å². The molecule has 1 aromatic rings. The lowest BCUT2D eigenvalue weighted by atomic mass is 9.75. The monoisotopic (exact) mass is 273 g/mol. The largest absolute Gasteiger partial charge is 0.490 e. The average molecular weight is 273 g/mol. The summed E-state index contributed by atoms with van der Waals surface area (Å²) in [5.41, 5.74) is 9.21. The fraction of sp³-hybridized carbons (Fsp3) is 0.667. The minimum Gasteiger partial charge on any atom is -0.490 e. The number of rotatable bonds is 3. The maximum atomic E-state index is 6.18. The summed E-state index contributed by atoms with van der Waals surface area (Å²) in [6, 6.07) is 6.55. The van der Waals surface area contributed by atoms with Crippen LogP contribution in [0.2, 0.25) is 0 Å². The topological polar surface area (TPSA) is 35.2 Å². The van der Waals surface area contributed by atoms with Gasteiger partial charge < -0.3 is 10.5 Å². The van der Waals surface area contributed by atoms with Crippen LogP contribution in [0.1, 0.15) is 56.1 Å². The molecule has 20 heavy (non-hydrogen) atoms. The summed E-state index contributed by atoms with van der Waals surface area (Å²) in [5.74, 6) is 1.10. The van der Waals surface area contributed by atoms with Crippen molar-refractivity contribution in [1.82, 2.24) is 0 Å². The highest BCUT2D eigenvalue weighted by Gasteiger charge is 2.35. The molecule has 1 unspecified atom stereocenters. The molecular weight excluding hydrogens is 246 g/mol. The second-order valence-corrected chi connectivity index (χ2v) is 6.88. The van der Waals surface area contributed by atoms with Gasteiger partial charge in [-0.3, -0.25) is 0 Å². The number of fused-ring (bicyclic) bond motifs is 1. The molecule has 3 rings (SSSR count). The zero-order chi connectivity index (χ0) is 14.0. The van der Waals surface area contributed by atoms with E-state index in [0.29, 0.717) is 11.5 Å². The van der Waals surface area contributed by atoms with Crippen molar-refractivity contribution < 1.29 is 4.74 Å². The summed E-state index contributed by atoms with van der Waals surface area (Å²) < 4.78 is 6.18. The summed E-state index contributed by atoms with van der Waals surface area (Å²) in [5, 5.41) is 0. The van der Waals surface area contributed by atoms with E-state index in [4.69, 9.17) is 10.5 Å². The minimum absolute atomic E-state index is 0.332. The van der Waals surface area contributed by atoms with Crippen molar-refractivity contribution in [3.63, 3.8) is 0 Å². The van der Waals surface area contributed by atoms with Gasteiger partial charge in [-0.25, -0.2) is 0 Å². The number of aryl methyl sites for hydroxylation is 1. The Balaban J connectivity index is 1.69. The number of benzene rings is 1. The van der Waals surface area contributed by atoms with E-state index >= 15 is 0 Å². The molecule has 2 N–H and O–H groups in total. The highest BCUT2D eigenvalue weighted by atomic mass is 16.5. The van der Waals surface area contributed by atoms with Crippen molar-refractivity contribution in [2.75, 3.05) is 6.54 Å². The molecular formula is C18H27NO. The van der Waals surface area contributed by atoms with Crippen LogP contribution in [0, 0.1) is 12.3 Å². The Morgan fingerprint density at radius 3 is 2.65 bits per heavy atom. The van der Waals surface area contributed by atoms with Gasteiger partial charge in [-0.05, 0) is 49.8 Å². The van der Waals surface area contributed by atoms with Crippen LogP contribution >= 0.6 is 0 Å². The van der Waals surface area contributed by atoms with Crippen LogP contribution < -0.4 is 10.5 Å². The maximum absolute atomic E-state index is 6.18. The SMILES string of the molecule is Cc1ccc2c(c1)CC(CC1(CN)CCCCCC1)O2. The number of hydrogen-bond donors (Lipinski definition) is 1. The maximum Gasteiger partial charge on any atom is 0.123 e. The molecule has 0 aromatic heterocycles. The van der Waals surface area contributed by atoms with E-state index in [0.717, 1.165) is 25.1 Å². The predicted octanol–water partition coefficient (Wildman–Crippen LogP) is 3.99. The molecule has 1 aliphatic heterocycles. The molecule has 1 aromatic carbocycles. The molecule has 2 heteroatoms. The van der Waals surface area contributed by atoms with Gasteiger partial charge in [0, 0.05) is 6.42 Å². The molecule has 0 bridgehead atoms. The Morgan fingerprint density at radius 2 is 1.95 bits per heavy atom. The van der Waals surface area contributed by atoms with Crippen molar-refractivity contribution in [2.45, 2.75) is 64.4 Å². The lowest BCUT2D eigenvalue weighted by Gasteiger charge is -2.33. The molecule has 1 fully saturated rings. The highest BCUT2D eigenvalue weighted by molar-refractivity contribution is 5.40.